The van der Waals surface area contributed by atoms with Gasteiger partial charge in [-0.25, -0.2) is 0 Å². The van der Waals surface area contributed by atoms with Crippen LogP contribution in [0.1, 0.15) is 24.8 Å². The van der Waals surface area contributed by atoms with Crippen molar-refractivity contribution in [1.29, 1.82) is 5.26 Å². The maximum Gasteiger partial charge on any atom is 0.127 e. The molecule has 0 aliphatic carbocycles. The smallest absolute Gasteiger partial charge is 0.127 e. The second-order valence-corrected chi connectivity index (χ2v) is 5.07. The lowest BCUT2D eigenvalue weighted by atomic mass is 10.0. The van der Waals surface area contributed by atoms with Crippen molar-refractivity contribution in [3.63, 3.8) is 0 Å². The highest BCUT2D eigenvalue weighted by atomic mass is 16.5. The van der Waals surface area contributed by atoms with Crippen LogP contribution in [-0.2, 0) is 4.74 Å². The van der Waals surface area contributed by atoms with Crippen molar-refractivity contribution in [1.82, 2.24) is 0 Å². The summed E-state index contributed by atoms with van der Waals surface area (Å²) in [6, 6.07) is 13.8. The van der Waals surface area contributed by atoms with E-state index < -0.39 is 0 Å². The van der Waals surface area contributed by atoms with Gasteiger partial charge in [0, 0.05) is 17.4 Å². The van der Waals surface area contributed by atoms with Crippen LogP contribution in [0.3, 0.4) is 0 Å². The molecular formula is C17H17NO2. The third kappa shape index (κ3) is 2.61. The molecule has 2 aromatic carbocycles. The predicted octanol–water partition coefficient (Wildman–Crippen LogP) is 3.66. The molecule has 0 aromatic heterocycles. The highest BCUT2D eigenvalue weighted by Crippen LogP contribution is 2.28. The molecule has 1 aliphatic heterocycles. The minimum Gasteiger partial charge on any atom is -0.490 e. The number of nitriles is 1. The fraction of sp³-hybridized carbons (Fsp3) is 0.353. The van der Waals surface area contributed by atoms with Crippen molar-refractivity contribution < 1.29 is 9.47 Å². The third-order valence-corrected chi connectivity index (χ3v) is 3.70. The molecule has 1 heterocycles. The Bertz CT molecular complexity index is 639. The Balaban J connectivity index is 1.83. The van der Waals surface area contributed by atoms with E-state index in [0.29, 0.717) is 12.2 Å². The van der Waals surface area contributed by atoms with Crippen molar-refractivity contribution in [3.05, 3.63) is 42.0 Å². The molecule has 20 heavy (non-hydrogen) atoms. The van der Waals surface area contributed by atoms with Gasteiger partial charge in [-0.2, -0.15) is 5.26 Å². The number of hydrogen-bond donors (Lipinski definition) is 0. The van der Waals surface area contributed by atoms with Crippen LogP contribution in [0, 0.1) is 11.3 Å². The fourth-order valence-electron chi connectivity index (χ4n) is 2.62. The Labute approximate surface area is 118 Å². The summed E-state index contributed by atoms with van der Waals surface area (Å²) in [5.41, 5.74) is 0.682. The first-order chi connectivity index (χ1) is 9.88. The van der Waals surface area contributed by atoms with Crippen molar-refractivity contribution in [3.8, 4) is 11.8 Å². The van der Waals surface area contributed by atoms with E-state index in [4.69, 9.17) is 14.7 Å². The number of benzene rings is 2. The summed E-state index contributed by atoms with van der Waals surface area (Å²) in [6.45, 7) is 1.41. The minimum absolute atomic E-state index is 0.193. The lowest BCUT2D eigenvalue weighted by Gasteiger charge is -2.23. The normalized spacial score (nSPS) is 18.6. The second-order valence-electron chi connectivity index (χ2n) is 5.07. The van der Waals surface area contributed by atoms with E-state index in [1.165, 1.54) is 6.42 Å². The van der Waals surface area contributed by atoms with Gasteiger partial charge in [0.25, 0.3) is 0 Å². The van der Waals surface area contributed by atoms with Crippen LogP contribution in [0.5, 0.6) is 5.75 Å². The molecular weight excluding hydrogens is 250 g/mol. The zero-order chi connectivity index (χ0) is 13.8. The van der Waals surface area contributed by atoms with Crippen LogP contribution in [0.4, 0.5) is 0 Å². The summed E-state index contributed by atoms with van der Waals surface area (Å²) < 4.78 is 11.6. The van der Waals surface area contributed by atoms with Gasteiger partial charge < -0.3 is 9.47 Å². The molecule has 3 rings (SSSR count). The summed E-state index contributed by atoms with van der Waals surface area (Å²) in [4.78, 5) is 0. The van der Waals surface area contributed by atoms with E-state index >= 15 is 0 Å². The standard InChI is InChI=1S/C17H17NO2/c18-11-13-8-9-17(16-7-2-1-6-15(13)16)20-12-14-5-3-4-10-19-14/h1-2,6-9,14H,3-5,10,12H2. The minimum atomic E-state index is 0.193. The molecule has 2 aromatic rings. The molecule has 0 bridgehead atoms. The molecule has 0 amide bonds. The van der Waals surface area contributed by atoms with Crippen LogP contribution < -0.4 is 4.74 Å². The van der Waals surface area contributed by atoms with Crippen molar-refractivity contribution in [2.45, 2.75) is 25.4 Å². The molecule has 0 N–H and O–H groups in total. The number of hydrogen-bond acceptors (Lipinski definition) is 3. The average Bonchev–Trinajstić information content (AvgIpc) is 2.53. The van der Waals surface area contributed by atoms with E-state index in [0.717, 1.165) is 36.0 Å². The van der Waals surface area contributed by atoms with Crippen molar-refractivity contribution >= 4 is 10.8 Å². The molecule has 3 heteroatoms. The number of ether oxygens (including phenoxy) is 2. The molecule has 0 saturated carbocycles. The molecule has 1 aliphatic rings. The first-order valence-electron chi connectivity index (χ1n) is 7.05. The first kappa shape index (κ1) is 13.0. The molecule has 1 saturated heterocycles. The number of rotatable bonds is 3. The Hall–Kier alpha value is -2.05. The van der Waals surface area contributed by atoms with Crippen LogP contribution in [0.15, 0.2) is 36.4 Å². The van der Waals surface area contributed by atoms with E-state index in [2.05, 4.69) is 6.07 Å². The summed E-state index contributed by atoms with van der Waals surface area (Å²) >= 11 is 0. The van der Waals surface area contributed by atoms with Gasteiger partial charge >= 0.3 is 0 Å². The van der Waals surface area contributed by atoms with Gasteiger partial charge in [-0.15, -0.1) is 0 Å². The molecule has 1 atom stereocenters. The highest BCUT2D eigenvalue weighted by Gasteiger charge is 2.15. The fourth-order valence-corrected chi connectivity index (χ4v) is 2.62. The Kier molecular flexibility index (Phi) is 3.85. The van der Waals surface area contributed by atoms with Gasteiger partial charge in [0.1, 0.15) is 12.4 Å². The van der Waals surface area contributed by atoms with Gasteiger partial charge in [-0.3, -0.25) is 0 Å². The molecule has 0 spiro atoms. The average molecular weight is 267 g/mol. The van der Waals surface area contributed by atoms with Crippen LogP contribution in [-0.4, -0.2) is 19.3 Å². The zero-order valence-corrected chi connectivity index (χ0v) is 11.3. The monoisotopic (exact) mass is 267 g/mol. The summed E-state index contributed by atoms with van der Waals surface area (Å²) in [6.07, 6.45) is 3.62. The largest absolute Gasteiger partial charge is 0.490 e. The van der Waals surface area contributed by atoms with Gasteiger partial charge in [0.05, 0.1) is 17.7 Å². The highest BCUT2D eigenvalue weighted by molar-refractivity contribution is 5.92. The molecule has 1 unspecified atom stereocenters. The van der Waals surface area contributed by atoms with Crippen molar-refractivity contribution in [2.75, 3.05) is 13.2 Å². The summed E-state index contributed by atoms with van der Waals surface area (Å²) in [5, 5.41) is 11.1. The predicted molar refractivity (Wildman–Crippen MR) is 77.7 cm³/mol. The topological polar surface area (TPSA) is 42.2 Å². The lowest BCUT2D eigenvalue weighted by Crippen LogP contribution is -2.25. The molecule has 102 valence electrons. The van der Waals surface area contributed by atoms with Crippen LogP contribution in [0.25, 0.3) is 10.8 Å². The Morgan fingerprint density at radius 2 is 2.00 bits per heavy atom. The number of nitrogens with zero attached hydrogens (tertiary/aromatic N) is 1. The lowest BCUT2D eigenvalue weighted by molar-refractivity contribution is -0.0107. The first-order valence-corrected chi connectivity index (χ1v) is 7.05. The molecule has 0 radical (unpaired) electrons. The summed E-state index contributed by atoms with van der Waals surface area (Å²) in [5.74, 6) is 0.828. The quantitative estimate of drug-likeness (QED) is 0.852. The van der Waals surface area contributed by atoms with E-state index in [1.807, 2.05) is 36.4 Å². The Morgan fingerprint density at radius 3 is 2.75 bits per heavy atom. The summed E-state index contributed by atoms with van der Waals surface area (Å²) in [7, 11) is 0. The van der Waals surface area contributed by atoms with E-state index in [9.17, 15) is 0 Å². The van der Waals surface area contributed by atoms with Crippen LogP contribution >= 0.6 is 0 Å². The maximum atomic E-state index is 9.15. The number of fused-ring (bicyclic) bond motifs is 1. The van der Waals surface area contributed by atoms with E-state index in [-0.39, 0.29) is 6.10 Å². The van der Waals surface area contributed by atoms with Gasteiger partial charge in [0.15, 0.2) is 0 Å². The van der Waals surface area contributed by atoms with E-state index in [1.54, 1.807) is 0 Å². The van der Waals surface area contributed by atoms with Gasteiger partial charge in [-0.1, -0.05) is 24.3 Å². The second kappa shape index (κ2) is 5.94. The molecule has 1 fully saturated rings. The van der Waals surface area contributed by atoms with Crippen molar-refractivity contribution in [2.24, 2.45) is 0 Å². The zero-order valence-electron chi connectivity index (χ0n) is 11.3. The van der Waals surface area contributed by atoms with Crippen LogP contribution in [0.2, 0.25) is 0 Å². The van der Waals surface area contributed by atoms with Gasteiger partial charge in [0.2, 0.25) is 0 Å². The maximum absolute atomic E-state index is 9.15. The van der Waals surface area contributed by atoms with Gasteiger partial charge in [-0.05, 0) is 31.4 Å². The Morgan fingerprint density at radius 1 is 1.15 bits per heavy atom. The third-order valence-electron chi connectivity index (χ3n) is 3.70. The SMILES string of the molecule is N#Cc1ccc(OCC2CCCCO2)c2ccccc12. The molecule has 3 nitrogen and oxygen atoms in total.